The molecule has 28 heavy (non-hydrogen) atoms. The van der Waals surface area contributed by atoms with Gasteiger partial charge >= 0.3 is 0 Å². The molecule has 8 heteroatoms. The van der Waals surface area contributed by atoms with Crippen LogP contribution in [0.25, 0.3) is 0 Å². The molecule has 2 aromatic heterocycles. The molecule has 0 saturated carbocycles. The number of piperidine rings is 1. The number of aromatic nitrogens is 3. The van der Waals surface area contributed by atoms with Crippen LogP contribution in [0.15, 0.2) is 22.8 Å². The molecule has 3 rings (SSSR count). The number of anilines is 1. The molecule has 1 fully saturated rings. The number of hydrogen-bond acceptors (Lipinski definition) is 5. The van der Waals surface area contributed by atoms with Gasteiger partial charge in [-0.3, -0.25) is 4.68 Å². The Hall–Kier alpha value is -2.09. The fourth-order valence-electron chi connectivity index (χ4n) is 3.29. The molecule has 0 aromatic carbocycles. The highest BCUT2D eigenvalue weighted by molar-refractivity contribution is 7.09. The maximum absolute atomic E-state index is 4.78. The molecule has 2 N–H and O–H groups in total. The van der Waals surface area contributed by atoms with Crippen molar-refractivity contribution in [2.45, 2.75) is 58.5 Å². The minimum absolute atomic E-state index is 0.0824. The molecule has 1 atom stereocenters. The van der Waals surface area contributed by atoms with Crippen LogP contribution in [0.1, 0.15) is 51.2 Å². The highest BCUT2D eigenvalue weighted by Crippen LogP contribution is 2.24. The molecule has 1 unspecified atom stereocenters. The molecule has 7 nitrogen and oxygen atoms in total. The zero-order valence-corrected chi connectivity index (χ0v) is 18.5. The molecule has 0 bridgehead atoms. The maximum Gasteiger partial charge on any atom is 0.191 e. The van der Waals surface area contributed by atoms with E-state index in [9.17, 15) is 0 Å². The second kappa shape index (κ2) is 8.94. The Labute approximate surface area is 172 Å². The summed E-state index contributed by atoms with van der Waals surface area (Å²) in [4.78, 5) is 11.9. The van der Waals surface area contributed by atoms with Crippen molar-refractivity contribution in [1.82, 2.24) is 25.4 Å². The van der Waals surface area contributed by atoms with E-state index in [2.05, 4.69) is 59.9 Å². The largest absolute Gasteiger partial charge is 0.367 e. The summed E-state index contributed by atoms with van der Waals surface area (Å²) in [7, 11) is 1.96. The number of aryl methyl sites for hydroxylation is 1. The van der Waals surface area contributed by atoms with Crippen LogP contribution in [0.5, 0.6) is 0 Å². The summed E-state index contributed by atoms with van der Waals surface area (Å²) in [6, 6.07) is 0.369. The summed E-state index contributed by atoms with van der Waals surface area (Å²) in [6.07, 6.45) is 6.33. The van der Waals surface area contributed by atoms with Gasteiger partial charge < -0.3 is 15.5 Å². The topological polar surface area (TPSA) is 70.4 Å². The van der Waals surface area contributed by atoms with Crippen LogP contribution >= 0.6 is 11.3 Å². The first kappa shape index (κ1) is 20.6. The van der Waals surface area contributed by atoms with Crippen LogP contribution in [0.4, 0.5) is 5.69 Å². The monoisotopic (exact) mass is 403 g/mol. The summed E-state index contributed by atoms with van der Waals surface area (Å²) in [5, 5.41) is 14.5. The fraction of sp³-hybridized carbons (Fsp3) is 0.650. The predicted octanol–water partition coefficient (Wildman–Crippen LogP) is 2.90. The number of hydrogen-bond donors (Lipinski definition) is 2. The zero-order valence-electron chi connectivity index (χ0n) is 17.7. The standard InChI is InChI=1S/C20H33N7S/c1-6-21-19(22-11-18-25-17(14-28-18)20(2,3)4)24-15-8-7-9-27(12-15)16-10-23-26(5)13-16/h10,13-15H,6-9,11-12H2,1-5H3,(H2,21,22,24). The number of nitrogens with one attached hydrogen (secondary N) is 2. The number of rotatable bonds is 5. The lowest BCUT2D eigenvalue weighted by molar-refractivity contribution is 0.468. The van der Waals surface area contributed by atoms with E-state index in [0.717, 1.165) is 49.1 Å². The molecule has 154 valence electrons. The van der Waals surface area contributed by atoms with Crippen molar-refractivity contribution >= 4 is 23.0 Å². The first-order chi connectivity index (χ1) is 13.3. The summed E-state index contributed by atoms with van der Waals surface area (Å²) in [6.45, 7) is 12.2. The second-order valence-corrected chi connectivity index (χ2v) is 9.32. The van der Waals surface area contributed by atoms with E-state index in [4.69, 9.17) is 9.98 Å². The van der Waals surface area contributed by atoms with Gasteiger partial charge in [-0.2, -0.15) is 5.10 Å². The highest BCUT2D eigenvalue weighted by atomic mass is 32.1. The summed E-state index contributed by atoms with van der Waals surface area (Å²) in [5.74, 6) is 0.869. The molecule has 3 heterocycles. The maximum atomic E-state index is 4.78. The minimum Gasteiger partial charge on any atom is -0.367 e. The third-order valence-corrected chi connectivity index (χ3v) is 5.69. The van der Waals surface area contributed by atoms with Gasteiger partial charge in [0, 0.05) is 49.7 Å². The third kappa shape index (κ3) is 5.47. The molecule has 2 aromatic rings. The lowest BCUT2D eigenvalue weighted by Gasteiger charge is -2.34. The van der Waals surface area contributed by atoms with Gasteiger partial charge in [0.2, 0.25) is 0 Å². The Morgan fingerprint density at radius 1 is 1.39 bits per heavy atom. The van der Waals surface area contributed by atoms with E-state index >= 15 is 0 Å². The average Bonchev–Trinajstić information content (AvgIpc) is 3.29. The molecular formula is C20H33N7S. The van der Waals surface area contributed by atoms with Crippen LogP contribution in [0, 0.1) is 0 Å². The zero-order chi connectivity index (χ0) is 20.1. The molecule has 1 saturated heterocycles. The molecule has 1 aliphatic heterocycles. The summed E-state index contributed by atoms with van der Waals surface area (Å²) >= 11 is 1.69. The summed E-state index contributed by atoms with van der Waals surface area (Å²) < 4.78 is 1.86. The van der Waals surface area contributed by atoms with Crippen LogP contribution in [-0.4, -0.2) is 46.4 Å². The average molecular weight is 404 g/mol. The van der Waals surface area contributed by atoms with Crippen molar-refractivity contribution in [1.29, 1.82) is 0 Å². The SMILES string of the molecule is CCNC(=NCc1nc(C(C)(C)C)cs1)NC1CCCN(c2cnn(C)c2)C1. The van der Waals surface area contributed by atoms with Crippen LogP contribution in [0.3, 0.4) is 0 Å². The van der Waals surface area contributed by atoms with Crippen molar-refractivity contribution in [3.8, 4) is 0 Å². The van der Waals surface area contributed by atoms with E-state index < -0.39 is 0 Å². The number of thiazole rings is 1. The van der Waals surface area contributed by atoms with Crippen LogP contribution in [0.2, 0.25) is 0 Å². The smallest absolute Gasteiger partial charge is 0.191 e. The van der Waals surface area contributed by atoms with Crippen molar-refractivity contribution in [3.63, 3.8) is 0 Å². The van der Waals surface area contributed by atoms with E-state index in [-0.39, 0.29) is 5.41 Å². The Balaban J connectivity index is 1.61. The number of guanidine groups is 1. The van der Waals surface area contributed by atoms with Gasteiger partial charge in [0.1, 0.15) is 5.01 Å². The fourth-order valence-corrected chi connectivity index (χ4v) is 4.23. The van der Waals surface area contributed by atoms with Gasteiger partial charge in [0.05, 0.1) is 24.1 Å². The number of aliphatic imine (C=N–C) groups is 1. The van der Waals surface area contributed by atoms with E-state index in [1.165, 1.54) is 5.69 Å². The van der Waals surface area contributed by atoms with Gasteiger partial charge in [-0.15, -0.1) is 11.3 Å². The van der Waals surface area contributed by atoms with Crippen LogP contribution in [-0.2, 0) is 19.0 Å². The summed E-state index contributed by atoms with van der Waals surface area (Å²) in [5.41, 5.74) is 2.41. The molecule has 0 amide bonds. The lowest BCUT2D eigenvalue weighted by Crippen LogP contribution is -2.51. The van der Waals surface area contributed by atoms with Gasteiger partial charge in [-0.05, 0) is 19.8 Å². The van der Waals surface area contributed by atoms with Gasteiger partial charge in [-0.1, -0.05) is 20.8 Å². The first-order valence-corrected chi connectivity index (χ1v) is 11.0. The highest BCUT2D eigenvalue weighted by Gasteiger charge is 2.22. The molecule has 1 aliphatic rings. The third-order valence-electron chi connectivity index (χ3n) is 4.86. The van der Waals surface area contributed by atoms with Crippen molar-refractivity contribution in [2.75, 3.05) is 24.5 Å². The molecular weight excluding hydrogens is 370 g/mol. The molecule has 0 spiro atoms. The van der Waals surface area contributed by atoms with Crippen molar-refractivity contribution in [3.05, 3.63) is 28.5 Å². The Kier molecular flexibility index (Phi) is 6.59. The second-order valence-electron chi connectivity index (χ2n) is 8.37. The van der Waals surface area contributed by atoms with E-state index in [0.29, 0.717) is 12.6 Å². The van der Waals surface area contributed by atoms with E-state index in [1.807, 2.05) is 17.9 Å². The van der Waals surface area contributed by atoms with Crippen molar-refractivity contribution in [2.24, 2.45) is 12.0 Å². The predicted molar refractivity (Wildman–Crippen MR) is 117 cm³/mol. The van der Waals surface area contributed by atoms with E-state index in [1.54, 1.807) is 11.3 Å². The van der Waals surface area contributed by atoms with Gasteiger partial charge in [-0.25, -0.2) is 9.98 Å². The number of nitrogens with zero attached hydrogens (tertiary/aromatic N) is 5. The van der Waals surface area contributed by atoms with Gasteiger partial charge in [0.25, 0.3) is 0 Å². The minimum atomic E-state index is 0.0824. The first-order valence-electron chi connectivity index (χ1n) is 10.1. The van der Waals surface area contributed by atoms with Crippen LogP contribution < -0.4 is 15.5 Å². The Morgan fingerprint density at radius 3 is 2.86 bits per heavy atom. The Morgan fingerprint density at radius 2 is 2.21 bits per heavy atom. The quantitative estimate of drug-likeness (QED) is 0.593. The normalized spacial score (nSPS) is 18.4. The molecule has 0 radical (unpaired) electrons. The lowest BCUT2D eigenvalue weighted by atomic mass is 9.93. The van der Waals surface area contributed by atoms with Crippen molar-refractivity contribution < 1.29 is 0 Å². The van der Waals surface area contributed by atoms with Gasteiger partial charge in [0.15, 0.2) is 5.96 Å². The Bertz CT molecular complexity index is 787. The molecule has 0 aliphatic carbocycles.